The molecule has 0 aromatic carbocycles. The van der Waals surface area contributed by atoms with Gasteiger partial charge in [-0.1, -0.05) is 12.8 Å². The minimum absolute atomic E-state index is 0.303. The Kier molecular flexibility index (Phi) is 4.85. The van der Waals surface area contributed by atoms with Crippen molar-refractivity contribution in [2.24, 2.45) is 4.99 Å². The highest BCUT2D eigenvalue weighted by Gasteiger charge is 2.47. The minimum Gasteiger partial charge on any atom is -0.369 e. The standard InChI is InChI=1S/C18H28N6O2S/c1-23(2)27(25,26)24-12-6-10-18(13-24)17(20-14-7-3-4-8-14)21-16-15(22-18)9-5-11-19-16/h5,9,11,14,22H,3-4,6-8,10,12-13H2,1-2H3,(H,19,20,21)/t18-/m1/s1. The Morgan fingerprint density at radius 2 is 2.07 bits per heavy atom. The molecule has 3 aliphatic rings. The number of nitrogens with zero attached hydrogens (tertiary/aromatic N) is 4. The number of hydrogen-bond donors (Lipinski definition) is 2. The third kappa shape index (κ3) is 3.43. The van der Waals surface area contributed by atoms with Gasteiger partial charge in [0.05, 0.1) is 11.7 Å². The molecule has 9 heteroatoms. The van der Waals surface area contributed by atoms with E-state index in [2.05, 4.69) is 15.6 Å². The minimum atomic E-state index is -3.48. The molecule has 1 atom stereocenters. The zero-order valence-electron chi connectivity index (χ0n) is 16.0. The molecule has 0 amide bonds. The van der Waals surface area contributed by atoms with Crippen molar-refractivity contribution in [3.8, 4) is 0 Å². The van der Waals surface area contributed by atoms with Crippen LogP contribution in [0, 0.1) is 0 Å². The van der Waals surface area contributed by atoms with Gasteiger partial charge in [0.1, 0.15) is 11.4 Å². The maximum Gasteiger partial charge on any atom is 0.281 e. The average Bonchev–Trinajstić information content (AvgIpc) is 3.15. The van der Waals surface area contributed by atoms with Crippen LogP contribution < -0.4 is 10.6 Å². The summed E-state index contributed by atoms with van der Waals surface area (Å²) in [5.41, 5.74) is 0.354. The molecule has 27 heavy (non-hydrogen) atoms. The molecule has 4 rings (SSSR count). The summed E-state index contributed by atoms with van der Waals surface area (Å²) in [5.74, 6) is 1.59. The molecular formula is C18H28N6O2S. The Bertz CT molecular complexity index is 834. The topological polar surface area (TPSA) is 89.9 Å². The van der Waals surface area contributed by atoms with E-state index in [9.17, 15) is 8.42 Å². The van der Waals surface area contributed by atoms with Gasteiger partial charge in [-0.05, 0) is 37.8 Å². The van der Waals surface area contributed by atoms with Crippen molar-refractivity contribution in [3.05, 3.63) is 18.3 Å². The first-order valence-electron chi connectivity index (χ1n) is 9.67. The van der Waals surface area contributed by atoms with Crippen molar-refractivity contribution < 1.29 is 8.42 Å². The van der Waals surface area contributed by atoms with E-state index >= 15 is 0 Å². The van der Waals surface area contributed by atoms with Crippen molar-refractivity contribution in [1.82, 2.24) is 13.6 Å². The summed E-state index contributed by atoms with van der Waals surface area (Å²) in [7, 11) is -0.317. The number of fused-ring (bicyclic) bond motifs is 1. The maximum absolute atomic E-state index is 12.8. The van der Waals surface area contributed by atoms with E-state index in [1.807, 2.05) is 12.1 Å². The summed E-state index contributed by atoms with van der Waals surface area (Å²) in [6.45, 7) is 0.890. The van der Waals surface area contributed by atoms with Crippen LogP contribution in [0.2, 0.25) is 0 Å². The first kappa shape index (κ1) is 18.6. The van der Waals surface area contributed by atoms with Crippen LogP contribution >= 0.6 is 0 Å². The molecule has 0 bridgehead atoms. The molecule has 2 fully saturated rings. The Hall–Kier alpha value is -1.71. The van der Waals surface area contributed by atoms with E-state index in [-0.39, 0.29) is 0 Å². The van der Waals surface area contributed by atoms with Gasteiger partial charge in [-0.15, -0.1) is 0 Å². The highest BCUT2D eigenvalue weighted by atomic mass is 32.2. The third-order valence-corrected chi connectivity index (χ3v) is 7.64. The van der Waals surface area contributed by atoms with Crippen LogP contribution in [0.3, 0.4) is 0 Å². The van der Waals surface area contributed by atoms with E-state index in [4.69, 9.17) is 4.99 Å². The second kappa shape index (κ2) is 7.03. The molecule has 1 saturated carbocycles. The fourth-order valence-corrected chi connectivity index (χ4v) is 5.47. The molecule has 148 valence electrons. The van der Waals surface area contributed by atoms with E-state index in [1.54, 1.807) is 24.6 Å². The van der Waals surface area contributed by atoms with Crippen LogP contribution in [-0.4, -0.2) is 66.6 Å². The van der Waals surface area contributed by atoms with E-state index in [0.717, 1.165) is 43.0 Å². The zero-order valence-corrected chi connectivity index (χ0v) is 16.8. The lowest BCUT2D eigenvalue weighted by Crippen LogP contribution is -2.63. The quantitative estimate of drug-likeness (QED) is 0.820. The molecule has 3 heterocycles. The number of hydrogen-bond acceptors (Lipinski definition) is 5. The van der Waals surface area contributed by atoms with Gasteiger partial charge < -0.3 is 10.6 Å². The van der Waals surface area contributed by atoms with E-state index in [0.29, 0.717) is 19.1 Å². The van der Waals surface area contributed by atoms with Gasteiger partial charge in [-0.25, -0.2) is 4.98 Å². The molecule has 8 nitrogen and oxygen atoms in total. The largest absolute Gasteiger partial charge is 0.369 e. The molecule has 1 spiro atoms. The normalized spacial score (nSPS) is 28.3. The van der Waals surface area contributed by atoms with Crippen molar-refractivity contribution in [3.63, 3.8) is 0 Å². The van der Waals surface area contributed by atoms with Gasteiger partial charge in [-0.2, -0.15) is 17.0 Å². The molecule has 2 N–H and O–H groups in total. The Morgan fingerprint density at radius 1 is 1.30 bits per heavy atom. The van der Waals surface area contributed by atoms with E-state index < -0.39 is 15.7 Å². The number of amidine groups is 1. The first-order valence-corrected chi connectivity index (χ1v) is 11.1. The fourth-order valence-electron chi connectivity index (χ4n) is 4.27. The summed E-state index contributed by atoms with van der Waals surface area (Å²) in [6.07, 6.45) is 7.96. The summed E-state index contributed by atoms with van der Waals surface area (Å²) in [5, 5.41) is 7.02. The van der Waals surface area contributed by atoms with Crippen molar-refractivity contribution in [2.45, 2.75) is 50.1 Å². The zero-order chi connectivity index (χ0) is 19.1. The molecule has 1 aliphatic carbocycles. The number of rotatable bonds is 3. The number of nitrogens with one attached hydrogen (secondary N) is 2. The first-order chi connectivity index (χ1) is 12.9. The molecule has 1 aromatic rings. The number of anilines is 2. The van der Waals surface area contributed by atoms with Gasteiger partial charge in [0.2, 0.25) is 0 Å². The van der Waals surface area contributed by atoms with E-state index in [1.165, 1.54) is 17.1 Å². The van der Waals surface area contributed by atoms with Gasteiger partial charge >= 0.3 is 0 Å². The Labute approximate surface area is 161 Å². The molecule has 1 saturated heterocycles. The fraction of sp³-hybridized carbons (Fsp3) is 0.667. The summed E-state index contributed by atoms with van der Waals surface area (Å²) < 4.78 is 28.4. The molecular weight excluding hydrogens is 364 g/mol. The predicted molar refractivity (Wildman–Crippen MR) is 107 cm³/mol. The number of pyridine rings is 1. The second-order valence-corrected chi connectivity index (χ2v) is 10.0. The molecule has 0 radical (unpaired) electrons. The number of aliphatic imine (C=N–C) groups is 1. The van der Waals surface area contributed by atoms with Crippen LogP contribution in [0.4, 0.5) is 11.5 Å². The highest BCUT2D eigenvalue weighted by molar-refractivity contribution is 7.86. The van der Waals surface area contributed by atoms with Gasteiger partial charge in [0, 0.05) is 33.4 Å². The number of aromatic nitrogens is 1. The lowest BCUT2D eigenvalue weighted by Gasteiger charge is -2.47. The number of piperidine rings is 1. The smallest absolute Gasteiger partial charge is 0.281 e. The monoisotopic (exact) mass is 392 g/mol. The highest BCUT2D eigenvalue weighted by Crippen LogP contribution is 2.37. The average molecular weight is 393 g/mol. The summed E-state index contributed by atoms with van der Waals surface area (Å²) in [4.78, 5) is 9.46. The van der Waals surface area contributed by atoms with Gasteiger partial charge in [0.25, 0.3) is 10.2 Å². The molecule has 2 aliphatic heterocycles. The predicted octanol–water partition coefficient (Wildman–Crippen LogP) is 1.90. The van der Waals surface area contributed by atoms with Crippen molar-refractivity contribution >= 4 is 27.6 Å². The van der Waals surface area contributed by atoms with Crippen LogP contribution in [0.15, 0.2) is 23.3 Å². The maximum atomic E-state index is 12.8. The second-order valence-electron chi connectivity index (χ2n) is 7.87. The SMILES string of the molecule is CN(C)S(=O)(=O)N1CCC[C@]2(C1)Nc1cccnc1NC2=NC1CCCC1. The lowest BCUT2D eigenvalue weighted by atomic mass is 9.86. The van der Waals surface area contributed by atoms with Crippen LogP contribution in [0.1, 0.15) is 38.5 Å². The molecule has 1 aromatic heterocycles. The van der Waals surface area contributed by atoms with Crippen LogP contribution in [0.25, 0.3) is 0 Å². The van der Waals surface area contributed by atoms with Crippen LogP contribution in [-0.2, 0) is 10.2 Å². The third-order valence-electron chi connectivity index (χ3n) is 5.75. The Balaban J connectivity index is 1.72. The van der Waals surface area contributed by atoms with Crippen molar-refractivity contribution in [2.75, 3.05) is 37.8 Å². The summed E-state index contributed by atoms with van der Waals surface area (Å²) >= 11 is 0. The summed E-state index contributed by atoms with van der Waals surface area (Å²) in [6, 6.07) is 4.16. The van der Waals surface area contributed by atoms with Crippen molar-refractivity contribution in [1.29, 1.82) is 0 Å². The lowest BCUT2D eigenvalue weighted by molar-refractivity contribution is 0.279. The molecule has 0 unspecified atom stereocenters. The van der Waals surface area contributed by atoms with Gasteiger partial charge in [0.15, 0.2) is 5.82 Å². The van der Waals surface area contributed by atoms with Gasteiger partial charge in [-0.3, -0.25) is 4.99 Å². The Morgan fingerprint density at radius 3 is 2.81 bits per heavy atom. The van der Waals surface area contributed by atoms with Crippen LogP contribution in [0.5, 0.6) is 0 Å².